The highest BCUT2D eigenvalue weighted by molar-refractivity contribution is 9.10. The van der Waals surface area contributed by atoms with Crippen molar-refractivity contribution in [3.63, 3.8) is 0 Å². The van der Waals surface area contributed by atoms with E-state index in [1.165, 1.54) is 18.9 Å². The summed E-state index contributed by atoms with van der Waals surface area (Å²) < 4.78 is 21.1. The summed E-state index contributed by atoms with van der Waals surface area (Å²) in [6.45, 7) is 0.655. The van der Waals surface area contributed by atoms with Crippen molar-refractivity contribution in [1.29, 1.82) is 0 Å². The SMILES string of the molecule is Fc1ccc(Br)cc1Oc1ncc(Br)cc1CNC1CC1. The van der Waals surface area contributed by atoms with Crippen LogP contribution >= 0.6 is 31.9 Å². The lowest BCUT2D eigenvalue weighted by atomic mass is 10.2. The van der Waals surface area contributed by atoms with E-state index in [4.69, 9.17) is 4.74 Å². The average Bonchev–Trinajstić information content (AvgIpc) is 3.27. The molecule has 0 amide bonds. The Labute approximate surface area is 139 Å². The number of ether oxygens (including phenoxy) is 1. The predicted molar refractivity (Wildman–Crippen MR) is 86.0 cm³/mol. The van der Waals surface area contributed by atoms with Gasteiger partial charge in [-0.05, 0) is 53.0 Å². The third-order valence-electron chi connectivity index (χ3n) is 3.15. The first-order valence-corrected chi connectivity index (χ1v) is 8.21. The van der Waals surface area contributed by atoms with E-state index >= 15 is 0 Å². The molecule has 3 nitrogen and oxygen atoms in total. The smallest absolute Gasteiger partial charge is 0.223 e. The highest BCUT2D eigenvalue weighted by atomic mass is 79.9. The number of benzene rings is 1. The molecule has 0 spiro atoms. The van der Waals surface area contributed by atoms with E-state index in [0.717, 1.165) is 14.5 Å². The first-order chi connectivity index (χ1) is 10.1. The van der Waals surface area contributed by atoms with Gasteiger partial charge in [-0.1, -0.05) is 15.9 Å². The largest absolute Gasteiger partial charge is 0.436 e. The Balaban J connectivity index is 1.84. The number of pyridine rings is 1. The molecule has 0 saturated heterocycles. The topological polar surface area (TPSA) is 34.1 Å². The third kappa shape index (κ3) is 4.02. The molecule has 1 aromatic carbocycles. The van der Waals surface area contributed by atoms with E-state index in [-0.39, 0.29) is 5.75 Å². The lowest BCUT2D eigenvalue weighted by Gasteiger charge is -2.12. The van der Waals surface area contributed by atoms with Crippen LogP contribution in [0.2, 0.25) is 0 Å². The van der Waals surface area contributed by atoms with E-state index in [0.29, 0.717) is 18.5 Å². The molecular formula is C15H13Br2FN2O. The van der Waals surface area contributed by atoms with E-state index in [1.807, 2.05) is 6.07 Å². The summed E-state index contributed by atoms with van der Waals surface area (Å²) >= 11 is 6.71. The van der Waals surface area contributed by atoms with Crippen LogP contribution in [0, 0.1) is 5.82 Å². The van der Waals surface area contributed by atoms with Crippen molar-refractivity contribution in [2.75, 3.05) is 0 Å². The zero-order valence-corrected chi connectivity index (χ0v) is 14.2. The number of nitrogens with one attached hydrogen (secondary N) is 1. The number of rotatable bonds is 5. The van der Waals surface area contributed by atoms with Gasteiger partial charge in [0.25, 0.3) is 0 Å². The molecular weight excluding hydrogens is 403 g/mol. The molecule has 110 valence electrons. The van der Waals surface area contributed by atoms with Gasteiger partial charge in [0.2, 0.25) is 5.88 Å². The summed E-state index contributed by atoms with van der Waals surface area (Å²) in [5.74, 6) is 0.166. The van der Waals surface area contributed by atoms with Gasteiger partial charge in [-0.15, -0.1) is 0 Å². The monoisotopic (exact) mass is 414 g/mol. The Kier molecular flexibility index (Phi) is 4.57. The molecule has 0 bridgehead atoms. The molecule has 1 fully saturated rings. The molecule has 3 rings (SSSR count). The summed E-state index contributed by atoms with van der Waals surface area (Å²) in [6.07, 6.45) is 4.06. The second kappa shape index (κ2) is 6.42. The van der Waals surface area contributed by atoms with E-state index in [9.17, 15) is 4.39 Å². The summed E-state index contributed by atoms with van der Waals surface area (Å²) in [4.78, 5) is 4.25. The Hall–Kier alpha value is -0.980. The molecule has 1 heterocycles. The number of nitrogens with zero attached hydrogens (tertiary/aromatic N) is 1. The van der Waals surface area contributed by atoms with Crippen molar-refractivity contribution < 1.29 is 9.13 Å². The first kappa shape index (κ1) is 14.9. The van der Waals surface area contributed by atoms with Crippen LogP contribution in [0.15, 0.2) is 39.4 Å². The number of hydrogen-bond acceptors (Lipinski definition) is 3. The van der Waals surface area contributed by atoms with Crippen LogP contribution in [-0.4, -0.2) is 11.0 Å². The average molecular weight is 416 g/mol. The molecule has 1 aliphatic carbocycles. The molecule has 6 heteroatoms. The quantitative estimate of drug-likeness (QED) is 0.762. The summed E-state index contributed by atoms with van der Waals surface area (Å²) in [5.41, 5.74) is 0.899. The minimum absolute atomic E-state index is 0.159. The normalized spacial score (nSPS) is 14.2. The maximum absolute atomic E-state index is 13.8. The van der Waals surface area contributed by atoms with Gasteiger partial charge in [-0.25, -0.2) is 9.37 Å². The van der Waals surface area contributed by atoms with Crippen LogP contribution in [0.25, 0.3) is 0 Å². The Morgan fingerprint density at radius 2 is 2.05 bits per heavy atom. The second-order valence-corrected chi connectivity index (χ2v) is 6.78. The fourth-order valence-corrected chi connectivity index (χ4v) is 2.61. The number of halogens is 3. The fourth-order valence-electron chi connectivity index (χ4n) is 1.89. The van der Waals surface area contributed by atoms with Crippen LogP contribution in [-0.2, 0) is 6.54 Å². The lowest BCUT2D eigenvalue weighted by molar-refractivity contribution is 0.420. The van der Waals surface area contributed by atoms with Crippen molar-refractivity contribution in [1.82, 2.24) is 10.3 Å². The Morgan fingerprint density at radius 3 is 2.81 bits per heavy atom. The van der Waals surface area contributed by atoms with Gasteiger partial charge >= 0.3 is 0 Å². The molecule has 1 aromatic heterocycles. The molecule has 0 aliphatic heterocycles. The Bertz CT molecular complexity index is 662. The van der Waals surface area contributed by atoms with E-state index < -0.39 is 5.82 Å². The van der Waals surface area contributed by atoms with Gasteiger partial charge in [-0.2, -0.15) is 0 Å². The summed E-state index contributed by atoms with van der Waals surface area (Å²) in [6, 6.07) is 7.11. The number of hydrogen-bond donors (Lipinski definition) is 1. The molecule has 0 atom stereocenters. The maximum atomic E-state index is 13.8. The van der Waals surface area contributed by atoms with Gasteiger partial charge in [0.05, 0.1) is 0 Å². The minimum atomic E-state index is -0.413. The number of aromatic nitrogens is 1. The highest BCUT2D eigenvalue weighted by Gasteiger charge is 2.21. The molecule has 21 heavy (non-hydrogen) atoms. The molecule has 0 unspecified atom stereocenters. The highest BCUT2D eigenvalue weighted by Crippen LogP contribution is 2.30. The summed E-state index contributed by atoms with van der Waals surface area (Å²) in [7, 11) is 0. The van der Waals surface area contributed by atoms with Crippen molar-refractivity contribution in [3.05, 3.63) is 50.8 Å². The molecule has 1 N–H and O–H groups in total. The molecule has 0 radical (unpaired) electrons. The zero-order chi connectivity index (χ0) is 14.8. The minimum Gasteiger partial charge on any atom is -0.436 e. The van der Waals surface area contributed by atoms with Gasteiger partial charge in [0, 0.05) is 33.3 Å². The summed E-state index contributed by atoms with van der Waals surface area (Å²) in [5, 5.41) is 3.41. The standard InChI is InChI=1S/C15H13Br2FN2O/c16-10-1-4-13(18)14(6-10)21-15-9(5-11(17)8-20-15)7-19-12-2-3-12/h1,4-6,8,12,19H,2-3,7H2. The van der Waals surface area contributed by atoms with Crippen LogP contribution in [0.5, 0.6) is 11.6 Å². The second-order valence-electron chi connectivity index (χ2n) is 4.95. The lowest BCUT2D eigenvalue weighted by Crippen LogP contribution is -2.16. The molecule has 1 saturated carbocycles. The van der Waals surface area contributed by atoms with Crippen molar-refractivity contribution in [2.45, 2.75) is 25.4 Å². The van der Waals surface area contributed by atoms with Crippen molar-refractivity contribution in [2.24, 2.45) is 0 Å². The van der Waals surface area contributed by atoms with Gasteiger partial charge < -0.3 is 10.1 Å². The van der Waals surface area contributed by atoms with Crippen LogP contribution in [0.1, 0.15) is 18.4 Å². The first-order valence-electron chi connectivity index (χ1n) is 6.62. The molecule has 2 aromatic rings. The van der Waals surface area contributed by atoms with E-state index in [2.05, 4.69) is 42.2 Å². The maximum Gasteiger partial charge on any atom is 0.223 e. The predicted octanol–water partition coefficient (Wildman–Crippen LogP) is 4.79. The van der Waals surface area contributed by atoms with Gasteiger partial charge in [-0.3, -0.25) is 0 Å². The third-order valence-corrected chi connectivity index (χ3v) is 4.08. The van der Waals surface area contributed by atoms with Crippen LogP contribution < -0.4 is 10.1 Å². The zero-order valence-electron chi connectivity index (χ0n) is 11.1. The van der Waals surface area contributed by atoms with Crippen molar-refractivity contribution >= 4 is 31.9 Å². The Morgan fingerprint density at radius 1 is 1.24 bits per heavy atom. The van der Waals surface area contributed by atoms with E-state index in [1.54, 1.807) is 18.3 Å². The van der Waals surface area contributed by atoms with Crippen LogP contribution in [0.4, 0.5) is 4.39 Å². The van der Waals surface area contributed by atoms with Gasteiger partial charge in [0.15, 0.2) is 11.6 Å². The van der Waals surface area contributed by atoms with Crippen LogP contribution in [0.3, 0.4) is 0 Å². The van der Waals surface area contributed by atoms with Gasteiger partial charge in [0.1, 0.15) is 0 Å². The molecule has 1 aliphatic rings. The van der Waals surface area contributed by atoms with Crippen molar-refractivity contribution in [3.8, 4) is 11.6 Å². The fraction of sp³-hybridized carbons (Fsp3) is 0.267.